The summed E-state index contributed by atoms with van der Waals surface area (Å²) in [6, 6.07) is 16.8. The van der Waals surface area contributed by atoms with Crippen LogP contribution in [0.1, 0.15) is 17.2 Å². The third-order valence-electron chi connectivity index (χ3n) is 4.35. The maximum Gasteiger partial charge on any atom is 0.243 e. The van der Waals surface area contributed by atoms with Crippen molar-refractivity contribution in [1.29, 1.82) is 0 Å². The Hall–Kier alpha value is -1.69. The van der Waals surface area contributed by atoms with Crippen molar-refractivity contribution in [2.75, 3.05) is 26.7 Å². The van der Waals surface area contributed by atoms with E-state index in [0.717, 1.165) is 17.7 Å². The fourth-order valence-corrected chi connectivity index (χ4v) is 4.58. The van der Waals surface area contributed by atoms with E-state index in [-0.39, 0.29) is 6.04 Å². The van der Waals surface area contributed by atoms with Gasteiger partial charge in [0.1, 0.15) is 0 Å². The Morgan fingerprint density at radius 2 is 1.61 bits per heavy atom. The molecule has 0 saturated carbocycles. The first-order chi connectivity index (χ1) is 11.0. The maximum atomic E-state index is 13.1. The van der Waals surface area contributed by atoms with Gasteiger partial charge in [0.2, 0.25) is 10.0 Å². The summed E-state index contributed by atoms with van der Waals surface area (Å²) in [7, 11) is -1.46. The van der Waals surface area contributed by atoms with Crippen LogP contribution >= 0.6 is 0 Å². The molecular formula is C18H22N2O2S. The number of sulfonamides is 1. The molecule has 1 fully saturated rings. The lowest BCUT2D eigenvalue weighted by Gasteiger charge is -2.39. The number of hydrogen-bond donors (Lipinski definition) is 0. The molecule has 0 bridgehead atoms. The molecule has 122 valence electrons. The number of rotatable bonds is 3. The van der Waals surface area contributed by atoms with Crippen molar-refractivity contribution < 1.29 is 8.42 Å². The van der Waals surface area contributed by atoms with Crippen LogP contribution in [0.2, 0.25) is 0 Å². The van der Waals surface area contributed by atoms with Crippen molar-refractivity contribution >= 4 is 10.0 Å². The number of hydrogen-bond acceptors (Lipinski definition) is 3. The van der Waals surface area contributed by atoms with Gasteiger partial charge >= 0.3 is 0 Å². The minimum atomic E-state index is -3.49. The molecular weight excluding hydrogens is 308 g/mol. The van der Waals surface area contributed by atoms with Gasteiger partial charge in [0.05, 0.1) is 10.9 Å². The van der Waals surface area contributed by atoms with E-state index in [4.69, 9.17) is 0 Å². The van der Waals surface area contributed by atoms with Gasteiger partial charge in [0.15, 0.2) is 0 Å². The number of nitrogens with zero attached hydrogens (tertiary/aromatic N) is 2. The van der Waals surface area contributed by atoms with Crippen molar-refractivity contribution in [3.63, 3.8) is 0 Å². The zero-order valence-electron chi connectivity index (χ0n) is 13.5. The molecule has 0 unspecified atom stereocenters. The van der Waals surface area contributed by atoms with E-state index in [2.05, 4.69) is 4.90 Å². The topological polar surface area (TPSA) is 40.6 Å². The third-order valence-corrected chi connectivity index (χ3v) is 6.27. The van der Waals surface area contributed by atoms with Crippen molar-refractivity contribution in [3.8, 4) is 0 Å². The quantitative estimate of drug-likeness (QED) is 0.869. The van der Waals surface area contributed by atoms with E-state index in [0.29, 0.717) is 18.0 Å². The van der Waals surface area contributed by atoms with Gasteiger partial charge in [-0.2, -0.15) is 4.31 Å². The predicted molar refractivity (Wildman–Crippen MR) is 91.8 cm³/mol. The first kappa shape index (κ1) is 16.2. The molecule has 0 spiro atoms. The lowest BCUT2D eigenvalue weighted by Crippen LogP contribution is -2.49. The average molecular weight is 330 g/mol. The van der Waals surface area contributed by atoms with Crippen LogP contribution in [0.5, 0.6) is 0 Å². The highest BCUT2D eigenvalue weighted by Gasteiger charge is 2.35. The Bertz CT molecular complexity index is 757. The molecule has 5 heteroatoms. The number of benzene rings is 2. The van der Waals surface area contributed by atoms with Gasteiger partial charge in [-0.25, -0.2) is 8.42 Å². The van der Waals surface area contributed by atoms with Crippen LogP contribution in [0.25, 0.3) is 0 Å². The molecule has 1 aliphatic heterocycles. The zero-order valence-corrected chi connectivity index (χ0v) is 14.3. The Morgan fingerprint density at radius 3 is 2.26 bits per heavy atom. The summed E-state index contributed by atoms with van der Waals surface area (Å²) in [6.45, 7) is 3.91. The first-order valence-electron chi connectivity index (χ1n) is 7.80. The van der Waals surface area contributed by atoms with Crippen LogP contribution in [-0.2, 0) is 10.0 Å². The molecule has 2 aromatic rings. The summed E-state index contributed by atoms with van der Waals surface area (Å²) in [4.78, 5) is 2.55. The average Bonchev–Trinajstić information content (AvgIpc) is 2.56. The van der Waals surface area contributed by atoms with Gasteiger partial charge in [0.25, 0.3) is 0 Å². The van der Waals surface area contributed by atoms with E-state index >= 15 is 0 Å². The van der Waals surface area contributed by atoms with E-state index in [9.17, 15) is 8.42 Å². The molecule has 0 amide bonds. The summed E-state index contributed by atoms with van der Waals surface area (Å²) in [5.74, 6) is 0. The predicted octanol–water partition coefficient (Wildman–Crippen LogP) is 2.67. The molecule has 23 heavy (non-hydrogen) atoms. The van der Waals surface area contributed by atoms with Gasteiger partial charge in [-0.3, -0.25) is 0 Å². The lowest BCUT2D eigenvalue weighted by atomic mass is 10.1. The monoisotopic (exact) mass is 330 g/mol. The molecule has 0 radical (unpaired) electrons. The highest BCUT2D eigenvalue weighted by atomic mass is 32.2. The molecule has 1 heterocycles. The van der Waals surface area contributed by atoms with Crippen molar-refractivity contribution in [2.45, 2.75) is 17.9 Å². The summed E-state index contributed by atoms with van der Waals surface area (Å²) in [5.41, 5.74) is 2.09. The Kier molecular flexibility index (Phi) is 4.53. The SMILES string of the molecule is Cc1ccc(S(=O)(=O)N2CCN(C)C[C@H]2c2ccccc2)cc1. The van der Waals surface area contributed by atoms with Gasteiger partial charge in [-0.15, -0.1) is 0 Å². The van der Waals surface area contributed by atoms with Crippen molar-refractivity contribution in [1.82, 2.24) is 9.21 Å². The second kappa shape index (κ2) is 6.43. The van der Waals surface area contributed by atoms with Crippen LogP contribution in [0.3, 0.4) is 0 Å². The van der Waals surface area contributed by atoms with Gasteiger partial charge in [-0.05, 0) is 31.7 Å². The molecule has 0 aliphatic carbocycles. The number of piperazine rings is 1. The lowest BCUT2D eigenvalue weighted by molar-refractivity contribution is 0.160. The Morgan fingerprint density at radius 1 is 0.957 bits per heavy atom. The van der Waals surface area contributed by atoms with Crippen LogP contribution in [-0.4, -0.2) is 44.3 Å². The second-order valence-corrected chi connectivity index (χ2v) is 8.01. The molecule has 4 nitrogen and oxygen atoms in total. The van der Waals surface area contributed by atoms with E-state index in [1.165, 1.54) is 0 Å². The molecule has 2 aromatic carbocycles. The normalized spacial score (nSPS) is 20.5. The first-order valence-corrected chi connectivity index (χ1v) is 9.24. The van der Waals surface area contributed by atoms with Crippen LogP contribution in [0.15, 0.2) is 59.5 Å². The van der Waals surface area contributed by atoms with Gasteiger partial charge in [0, 0.05) is 19.6 Å². The molecule has 3 rings (SSSR count). The fraction of sp³-hybridized carbons (Fsp3) is 0.333. The van der Waals surface area contributed by atoms with Crippen LogP contribution in [0.4, 0.5) is 0 Å². The third kappa shape index (κ3) is 3.32. The number of likely N-dealkylation sites (N-methyl/N-ethyl adjacent to an activating group) is 1. The van der Waals surface area contributed by atoms with E-state index < -0.39 is 10.0 Å². The molecule has 0 N–H and O–H groups in total. The van der Waals surface area contributed by atoms with Crippen molar-refractivity contribution in [2.24, 2.45) is 0 Å². The van der Waals surface area contributed by atoms with Crippen LogP contribution in [0, 0.1) is 6.92 Å². The standard InChI is InChI=1S/C18H22N2O2S/c1-15-8-10-17(11-9-15)23(21,22)20-13-12-19(2)14-18(20)16-6-4-3-5-7-16/h3-11,18H,12-14H2,1-2H3/t18-/m0/s1. The highest BCUT2D eigenvalue weighted by Crippen LogP contribution is 2.30. The smallest absolute Gasteiger partial charge is 0.243 e. The fourth-order valence-electron chi connectivity index (χ4n) is 2.98. The zero-order chi connectivity index (χ0) is 16.4. The maximum absolute atomic E-state index is 13.1. The minimum absolute atomic E-state index is 0.152. The summed E-state index contributed by atoms with van der Waals surface area (Å²) >= 11 is 0. The highest BCUT2D eigenvalue weighted by molar-refractivity contribution is 7.89. The second-order valence-electron chi connectivity index (χ2n) is 6.12. The number of aryl methyl sites for hydroxylation is 1. The molecule has 0 aromatic heterocycles. The van der Waals surface area contributed by atoms with E-state index in [1.807, 2.05) is 56.4 Å². The largest absolute Gasteiger partial charge is 0.303 e. The van der Waals surface area contributed by atoms with Gasteiger partial charge in [-0.1, -0.05) is 48.0 Å². The minimum Gasteiger partial charge on any atom is -0.303 e. The summed E-state index contributed by atoms with van der Waals surface area (Å²) in [5, 5.41) is 0. The van der Waals surface area contributed by atoms with Gasteiger partial charge < -0.3 is 4.90 Å². The molecule has 1 saturated heterocycles. The summed E-state index contributed by atoms with van der Waals surface area (Å²) in [6.07, 6.45) is 0. The molecule has 1 atom stereocenters. The Labute approximate surface area is 138 Å². The summed E-state index contributed by atoms with van der Waals surface area (Å²) < 4.78 is 27.8. The van der Waals surface area contributed by atoms with Crippen molar-refractivity contribution in [3.05, 3.63) is 65.7 Å². The molecule has 1 aliphatic rings. The van der Waals surface area contributed by atoms with E-state index in [1.54, 1.807) is 16.4 Å². The Balaban J connectivity index is 1.99. The van der Waals surface area contributed by atoms with Crippen LogP contribution < -0.4 is 0 Å².